The van der Waals surface area contributed by atoms with Gasteiger partial charge in [0.05, 0.1) is 11.6 Å². The Balaban J connectivity index is 1.79. The molecule has 0 amide bonds. The molecule has 4 nitrogen and oxygen atoms in total. The zero-order chi connectivity index (χ0) is 11.7. The van der Waals surface area contributed by atoms with Gasteiger partial charge in [0.25, 0.3) is 0 Å². The Hall–Kier alpha value is -1.59. The van der Waals surface area contributed by atoms with Crippen molar-refractivity contribution < 1.29 is 14.6 Å². The quantitative estimate of drug-likeness (QED) is 0.905. The zero-order valence-electron chi connectivity index (χ0n) is 9.00. The van der Waals surface area contributed by atoms with E-state index in [-0.39, 0.29) is 6.79 Å². The number of aliphatic hydroxyl groups excluding tert-OH is 1. The smallest absolute Gasteiger partial charge is 0.231 e. The number of aliphatic hydroxyl groups is 1. The fraction of sp³-hybridized carbons (Fsp3) is 0.250. The Morgan fingerprint density at radius 1 is 1.35 bits per heavy atom. The van der Waals surface area contributed by atoms with Gasteiger partial charge in [-0.05, 0) is 17.7 Å². The third-order valence-corrected chi connectivity index (χ3v) is 3.46. The summed E-state index contributed by atoms with van der Waals surface area (Å²) in [7, 11) is 0. The molecule has 17 heavy (non-hydrogen) atoms. The summed E-state index contributed by atoms with van der Waals surface area (Å²) >= 11 is 1.54. The molecule has 1 aliphatic rings. The van der Waals surface area contributed by atoms with Crippen molar-refractivity contribution in [2.45, 2.75) is 12.5 Å². The van der Waals surface area contributed by atoms with Crippen LogP contribution < -0.4 is 9.47 Å². The van der Waals surface area contributed by atoms with E-state index in [1.54, 1.807) is 23.0 Å². The summed E-state index contributed by atoms with van der Waals surface area (Å²) in [5, 5.41) is 10.1. The van der Waals surface area contributed by atoms with Crippen molar-refractivity contribution in [1.29, 1.82) is 0 Å². The highest BCUT2D eigenvalue weighted by atomic mass is 32.1. The molecular formula is C12H11NO3S. The molecule has 0 fully saturated rings. The number of ether oxygens (including phenoxy) is 2. The average Bonchev–Trinajstić information content (AvgIpc) is 2.97. The minimum atomic E-state index is -0.537. The first-order valence-corrected chi connectivity index (χ1v) is 6.16. The number of benzene rings is 1. The van der Waals surface area contributed by atoms with Crippen molar-refractivity contribution in [3.05, 3.63) is 40.3 Å². The van der Waals surface area contributed by atoms with Crippen LogP contribution in [0.1, 0.15) is 16.5 Å². The van der Waals surface area contributed by atoms with Crippen LogP contribution in [0.2, 0.25) is 0 Å². The highest BCUT2D eigenvalue weighted by molar-refractivity contribution is 7.09. The van der Waals surface area contributed by atoms with Crippen molar-refractivity contribution in [2.75, 3.05) is 6.79 Å². The maximum Gasteiger partial charge on any atom is 0.231 e. The summed E-state index contributed by atoms with van der Waals surface area (Å²) in [5.41, 5.74) is 2.60. The van der Waals surface area contributed by atoms with Crippen LogP contribution in [0.4, 0.5) is 0 Å². The van der Waals surface area contributed by atoms with Gasteiger partial charge in [0.15, 0.2) is 11.5 Å². The van der Waals surface area contributed by atoms with Gasteiger partial charge in [-0.1, -0.05) is 6.07 Å². The van der Waals surface area contributed by atoms with Crippen LogP contribution in [0.15, 0.2) is 29.9 Å². The summed E-state index contributed by atoms with van der Waals surface area (Å²) in [6.07, 6.45) is 1.82. The lowest BCUT2D eigenvalue weighted by Gasteiger charge is -2.10. The van der Waals surface area contributed by atoms with Gasteiger partial charge in [-0.2, -0.15) is 0 Å². The predicted molar refractivity (Wildman–Crippen MR) is 63.3 cm³/mol. The van der Waals surface area contributed by atoms with Gasteiger partial charge >= 0.3 is 0 Å². The monoisotopic (exact) mass is 249 g/mol. The second-order valence-electron chi connectivity index (χ2n) is 3.80. The molecule has 1 aromatic carbocycles. The normalized spacial score (nSPS) is 14.9. The van der Waals surface area contributed by atoms with E-state index in [1.807, 2.05) is 18.2 Å². The first-order valence-electron chi connectivity index (χ1n) is 5.28. The predicted octanol–water partition coefficient (Wildman–Crippen LogP) is 2.15. The van der Waals surface area contributed by atoms with E-state index in [0.29, 0.717) is 12.2 Å². The van der Waals surface area contributed by atoms with Crippen LogP contribution in [0.3, 0.4) is 0 Å². The van der Waals surface area contributed by atoms with Crippen LogP contribution >= 0.6 is 11.3 Å². The molecular weight excluding hydrogens is 238 g/mol. The van der Waals surface area contributed by atoms with E-state index in [1.165, 1.54) is 0 Å². The highest BCUT2D eigenvalue weighted by Crippen LogP contribution is 2.34. The molecule has 0 saturated carbocycles. The van der Waals surface area contributed by atoms with Gasteiger partial charge in [-0.25, -0.2) is 0 Å². The van der Waals surface area contributed by atoms with Gasteiger partial charge in [0.1, 0.15) is 0 Å². The number of rotatable bonds is 3. The number of hydrogen-bond acceptors (Lipinski definition) is 5. The first kappa shape index (κ1) is 10.6. The molecule has 1 aliphatic heterocycles. The molecule has 1 aromatic heterocycles. The van der Waals surface area contributed by atoms with Crippen LogP contribution in [0, 0.1) is 0 Å². The van der Waals surface area contributed by atoms with E-state index in [9.17, 15) is 5.11 Å². The summed E-state index contributed by atoms with van der Waals surface area (Å²) in [5.74, 6) is 1.43. The third kappa shape index (κ3) is 2.11. The molecule has 0 saturated heterocycles. The maximum atomic E-state index is 10.1. The van der Waals surface area contributed by atoms with E-state index in [4.69, 9.17) is 9.47 Å². The zero-order valence-corrected chi connectivity index (χ0v) is 9.81. The number of fused-ring (bicyclic) bond motifs is 1. The summed E-state index contributed by atoms with van der Waals surface area (Å²) in [6, 6.07) is 5.51. The minimum Gasteiger partial charge on any atom is -0.454 e. The third-order valence-electron chi connectivity index (χ3n) is 2.66. The molecule has 3 rings (SSSR count). The fourth-order valence-electron chi connectivity index (χ4n) is 1.77. The molecule has 2 aromatic rings. The second kappa shape index (κ2) is 4.35. The van der Waals surface area contributed by atoms with Gasteiger partial charge < -0.3 is 14.6 Å². The molecule has 0 aliphatic carbocycles. The van der Waals surface area contributed by atoms with Crippen molar-refractivity contribution >= 4 is 11.3 Å². The second-order valence-corrected chi connectivity index (χ2v) is 4.77. The van der Waals surface area contributed by atoms with Gasteiger partial charge in [-0.15, -0.1) is 11.3 Å². The lowest BCUT2D eigenvalue weighted by Crippen LogP contribution is -2.00. The van der Waals surface area contributed by atoms with E-state index < -0.39 is 6.10 Å². The number of thiazole rings is 1. The Bertz CT molecular complexity index is 512. The molecule has 1 atom stereocenters. The molecule has 2 heterocycles. The molecule has 1 N–H and O–H groups in total. The molecule has 0 bridgehead atoms. The average molecular weight is 249 g/mol. The van der Waals surface area contributed by atoms with Crippen LogP contribution in [-0.4, -0.2) is 16.9 Å². The van der Waals surface area contributed by atoms with Crippen LogP contribution in [0.5, 0.6) is 11.5 Å². The molecule has 5 heteroatoms. The summed E-state index contributed by atoms with van der Waals surface area (Å²) in [6.45, 7) is 0.254. The highest BCUT2D eigenvalue weighted by Gasteiger charge is 2.17. The van der Waals surface area contributed by atoms with E-state index in [0.717, 1.165) is 16.2 Å². The Morgan fingerprint density at radius 3 is 3.06 bits per heavy atom. The molecule has 88 valence electrons. The largest absolute Gasteiger partial charge is 0.454 e. The van der Waals surface area contributed by atoms with Gasteiger partial charge in [0, 0.05) is 17.5 Å². The van der Waals surface area contributed by atoms with Crippen molar-refractivity contribution in [1.82, 2.24) is 4.98 Å². The van der Waals surface area contributed by atoms with Crippen LogP contribution in [-0.2, 0) is 6.42 Å². The van der Waals surface area contributed by atoms with Crippen molar-refractivity contribution in [3.8, 4) is 11.5 Å². The number of aromatic nitrogens is 1. The fourth-order valence-corrected chi connectivity index (χ4v) is 2.40. The topological polar surface area (TPSA) is 51.6 Å². The molecule has 0 spiro atoms. The standard InChI is InChI=1S/C12H11NO3S/c14-10(4-9-5-13-6-17-9)8-1-2-11-12(3-8)16-7-15-11/h1-3,5-6,10,14H,4,7H2. The maximum absolute atomic E-state index is 10.1. The Kier molecular flexibility index (Phi) is 2.70. The SMILES string of the molecule is OC(Cc1cncs1)c1ccc2c(c1)OCO2. The van der Waals surface area contributed by atoms with E-state index in [2.05, 4.69) is 4.98 Å². The Morgan fingerprint density at radius 2 is 2.24 bits per heavy atom. The summed E-state index contributed by atoms with van der Waals surface area (Å²) in [4.78, 5) is 5.05. The summed E-state index contributed by atoms with van der Waals surface area (Å²) < 4.78 is 10.5. The molecule has 0 radical (unpaired) electrons. The van der Waals surface area contributed by atoms with Crippen molar-refractivity contribution in [3.63, 3.8) is 0 Å². The number of hydrogen-bond donors (Lipinski definition) is 1. The van der Waals surface area contributed by atoms with E-state index >= 15 is 0 Å². The first-order chi connectivity index (χ1) is 8.33. The lowest BCUT2D eigenvalue weighted by molar-refractivity contribution is 0.171. The molecule has 1 unspecified atom stereocenters. The minimum absolute atomic E-state index is 0.254. The van der Waals surface area contributed by atoms with Crippen molar-refractivity contribution in [2.24, 2.45) is 0 Å². The van der Waals surface area contributed by atoms with Gasteiger partial charge in [0.2, 0.25) is 6.79 Å². The van der Waals surface area contributed by atoms with Gasteiger partial charge in [-0.3, -0.25) is 4.98 Å². The lowest BCUT2D eigenvalue weighted by atomic mass is 10.1. The number of nitrogens with zero attached hydrogens (tertiary/aromatic N) is 1. The van der Waals surface area contributed by atoms with Crippen LogP contribution in [0.25, 0.3) is 0 Å². The Labute approximate surface area is 102 Å².